The molecule has 0 unspecified atom stereocenters. The lowest BCUT2D eigenvalue weighted by Gasteiger charge is -2.38. The van der Waals surface area contributed by atoms with E-state index in [1.165, 1.54) is 19.4 Å². The summed E-state index contributed by atoms with van der Waals surface area (Å²) in [6, 6.07) is 5.82. The minimum absolute atomic E-state index is 0.0693. The Hall–Kier alpha value is -3.99. The number of hydrogen-bond acceptors (Lipinski definition) is 8. The van der Waals surface area contributed by atoms with Crippen LogP contribution in [0.15, 0.2) is 30.5 Å². The molecule has 4 atom stereocenters. The van der Waals surface area contributed by atoms with E-state index >= 15 is 8.78 Å². The van der Waals surface area contributed by atoms with E-state index < -0.39 is 43.6 Å². The van der Waals surface area contributed by atoms with Crippen LogP contribution in [0.5, 0.6) is 11.8 Å². The van der Waals surface area contributed by atoms with Gasteiger partial charge in [0.1, 0.15) is 55.6 Å². The number of anilines is 1. The van der Waals surface area contributed by atoms with Crippen LogP contribution in [0.1, 0.15) is 72.8 Å². The number of halogens is 4. The van der Waals surface area contributed by atoms with E-state index in [1.807, 2.05) is 0 Å². The average molecular weight is 778 g/mol. The van der Waals surface area contributed by atoms with Crippen LogP contribution in [-0.4, -0.2) is 92.5 Å². The zero-order chi connectivity index (χ0) is 39.4. The van der Waals surface area contributed by atoms with Crippen LogP contribution in [-0.2, 0) is 4.74 Å². The molecule has 0 amide bonds. The second-order valence-corrected chi connectivity index (χ2v) is 22.1. The monoisotopic (exact) mass is 777 g/mol. The van der Waals surface area contributed by atoms with Crippen molar-refractivity contribution < 1.29 is 31.8 Å². The van der Waals surface area contributed by atoms with E-state index in [0.29, 0.717) is 52.5 Å². The average Bonchev–Trinajstić information content (AvgIpc) is 3.62. The van der Waals surface area contributed by atoms with Gasteiger partial charge in [0.2, 0.25) is 0 Å². The maximum Gasteiger partial charge on any atom is 0.319 e. The van der Waals surface area contributed by atoms with Crippen LogP contribution in [0.2, 0.25) is 16.6 Å². The molecule has 8 nitrogen and oxygen atoms in total. The van der Waals surface area contributed by atoms with E-state index in [-0.39, 0.29) is 53.0 Å². The molecule has 1 saturated carbocycles. The van der Waals surface area contributed by atoms with Gasteiger partial charge in [-0.25, -0.2) is 17.6 Å². The number of methoxy groups -OCH3 is 1. The van der Waals surface area contributed by atoms with E-state index in [1.54, 1.807) is 30.1 Å². The highest BCUT2D eigenvalue weighted by Crippen LogP contribution is 2.44. The lowest BCUT2D eigenvalue weighted by atomic mass is 9.95. The van der Waals surface area contributed by atoms with Crippen LogP contribution in [0.4, 0.5) is 23.4 Å². The fourth-order valence-corrected chi connectivity index (χ4v) is 14.6. The fourth-order valence-electron chi connectivity index (χ4n) is 9.44. The van der Waals surface area contributed by atoms with Crippen molar-refractivity contribution in [3.63, 3.8) is 0 Å². The Bertz CT molecular complexity index is 2140. The smallest absolute Gasteiger partial charge is 0.319 e. The molecular formula is C42H51F4N5O3Si. The van der Waals surface area contributed by atoms with Gasteiger partial charge in [-0.05, 0) is 59.6 Å². The number of pyridine rings is 1. The third-order valence-corrected chi connectivity index (χ3v) is 18.6. The van der Waals surface area contributed by atoms with Gasteiger partial charge in [-0.1, -0.05) is 53.5 Å². The molecule has 2 saturated heterocycles. The van der Waals surface area contributed by atoms with E-state index in [9.17, 15) is 8.78 Å². The van der Waals surface area contributed by atoms with Gasteiger partial charge in [0, 0.05) is 50.7 Å². The van der Waals surface area contributed by atoms with Crippen LogP contribution in [0, 0.1) is 23.1 Å². The first kappa shape index (κ1) is 39.2. The van der Waals surface area contributed by atoms with Crippen molar-refractivity contribution in [3.8, 4) is 34.5 Å². The summed E-state index contributed by atoms with van der Waals surface area (Å²) in [7, 11) is 0.901. The standard InChI is InChI=1S/C42H51F4N5O3Si/c1-24(2)55(25(3)4,26(5)6)15-12-30-33(44)11-10-27-16-29(54-23-52-8)17-31(36(27)30)38-37(46)39-32(20-47-38)40(50(7)35-18-34(35)45)49-41(48-39)53-22-42-13-9-14-51(42)21-28(43)19-42/h10-11,16-17,20,24-26,28,34-35H,9,13-14,18-19,21-23H2,1-8H3/t28-,34+,35-,42+/m1/s1. The lowest BCUT2D eigenvalue weighted by Crippen LogP contribution is -2.43. The second kappa shape index (κ2) is 15.2. The zero-order valence-corrected chi connectivity index (χ0v) is 34.0. The quantitative estimate of drug-likeness (QED) is 0.0611. The van der Waals surface area contributed by atoms with Crippen LogP contribution < -0.4 is 14.4 Å². The highest BCUT2D eigenvalue weighted by molar-refractivity contribution is 6.90. The van der Waals surface area contributed by atoms with Crippen molar-refractivity contribution in [1.29, 1.82) is 0 Å². The first-order chi connectivity index (χ1) is 26.2. The second-order valence-electron chi connectivity index (χ2n) is 16.5. The fraction of sp³-hybridized carbons (Fsp3) is 0.548. The Morgan fingerprint density at radius 3 is 2.44 bits per heavy atom. The predicted molar refractivity (Wildman–Crippen MR) is 211 cm³/mol. The molecule has 55 heavy (non-hydrogen) atoms. The molecule has 2 aromatic heterocycles. The van der Waals surface area contributed by atoms with Crippen molar-refractivity contribution in [1.82, 2.24) is 19.9 Å². The van der Waals surface area contributed by atoms with E-state index in [4.69, 9.17) is 14.2 Å². The van der Waals surface area contributed by atoms with Crippen molar-refractivity contribution in [2.75, 3.05) is 45.5 Å². The molecule has 3 aliphatic rings. The summed E-state index contributed by atoms with van der Waals surface area (Å²) >= 11 is 0. The number of ether oxygens (including phenoxy) is 3. The molecule has 0 spiro atoms. The molecule has 4 aromatic rings. The summed E-state index contributed by atoms with van der Waals surface area (Å²) in [6.07, 6.45) is 1.81. The molecule has 2 aromatic carbocycles. The zero-order valence-electron chi connectivity index (χ0n) is 33.0. The van der Waals surface area contributed by atoms with Crippen LogP contribution >= 0.6 is 0 Å². The molecule has 13 heteroatoms. The molecule has 4 heterocycles. The molecular weight excluding hydrogens is 727 g/mol. The van der Waals surface area contributed by atoms with Gasteiger partial charge in [-0.3, -0.25) is 9.88 Å². The SMILES string of the molecule is COCOc1cc(-c2ncc3c(N(C)[C@@H]4C[C@@H]4F)nc(OC[C@@]45CCCN4C[C@H](F)C5)nc3c2F)c2c(C#C[Si](C(C)C)(C(C)C)C(C)C)c(F)ccc2c1. The lowest BCUT2D eigenvalue weighted by molar-refractivity contribution is 0.0512. The normalized spacial score (nSPS) is 22.5. The molecule has 2 aliphatic heterocycles. The molecule has 0 bridgehead atoms. The topological polar surface area (TPSA) is 72.8 Å². The molecule has 0 radical (unpaired) electrons. The van der Waals surface area contributed by atoms with Gasteiger partial charge in [0.15, 0.2) is 12.6 Å². The summed E-state index contributed by atoms with van der Waals surface area (Å²) in [5.41, 5.74) is 4.30. The highest BCUT2D eigenvalue weighted by Gasteiger charge is 2.49. The number of rotatable bonds is 12. The largest absolute Gasteiger partial charge is 0.468 e. The van der Waals surface area contributed by atoms with E-state index in [0.717, 1.165) is 19.4 Å². The Morgan fingerprint density at radius 2 is 1.76 bits per heavy atom. The molecule has 3 fully saturated rings. The van der Waals surface area contributed by atoms with Crippen LogP contribution in [0.3, 0.4) is 0 Å². The maximum atomic E-state index is 17.4. The third-order valence-electron chi connectivity index (χ3n) is 12.3. The Labute approximate surface area is 322 Å². The minimum atomic E-state index is -2.30. The summed E-state index contributed by atoms with van der Waals surface area (Å²) in [5.74, 6) is 2.62. The van der Waals surface area contributed by atoms with Crippen molar-refractivity contribution in [2.24, 2.45) is 0 Å². The van der Waals surface area contributed by atoms with Gasteiger partial charge >= 0.3 is 6.01 Å². The maximum absolute atomic E-state index is 17.4. The molecule has 294 valence electrons. The number of alkyl halides is 2. The van der Waals surface area contributed by atoms with Crippen LogP contribution in [0.25, 0.3) is 32.9 Å². The van der Waals surface area contributed by atoms with Crippen molar-refractivity contribution in [2.45, 2.75) is 108 Å². The van der Waals surface area contributed by atoms with E-state index in [2.05, 4.69) is 72.9 Å². The minimum Gasteiger partial charge on any atom is -0.468 e. The Morgan fingerprint density at radius 1 is 1.04 bits per heavy atom. The molecule has 1 aliphatic carbocycles. The van der Waals surface area contributed by atoms with Crippen molar-refractivity contribution >= 4 is 35.6 Å². The van der Waals surface area contributed by atoms with Gasteiger partial charge in [0.05, 0.1) is 22.5 Å². The van der Waals surface area contributed by atoms with Crippen molar-refractivity contribution in [3.05, 3.63) is 47.7 Å². The third kappa shape index (κ3) is 7.03. The van der Waals surface area contributed by atoms with Gasteiger partial charge in [-0.2, -0.15) is 9.97 Å². The summed E-state index contributed by atoms with van der Waals surface area (Å²) in [4.78, 5) is 17.7. The number of fused-ring (bicyclic) bond motifs is 3. The number of benzene rings is 2. The number of aromatic nitrogens is 3. The van der Waals surface area contributed by atoms with Gasteiger partial charge < -0.3 is 19.1 Å². The predicted octanol–water partition coefficient (Wildman–Crippen LogP) is 9.18. The highest BCUT2D eigenvalue weighted by atomic mass is 28.3. The number of hydrogen-bond donors (Lipinski definition) is 0. The molecule has 7 rings (SSSR count). The van der Waals surface area contributed by atoms with Gasteiger partial charge in [0.25, 0.3) is 0 Å². The van der Waals surface area contributed by atoms with Gasteiger partial charge in [-0.15, -0.1) is 5.54 Å². The Balaban J connectivity index is 1.42. The number of nitrogens with zero attached hydrogens (tertiary/aromatic N) is 5. The summed E-state index contributed by atoms with van der Waals surface area (Å²) < 4.78 is 79.8. The summed E-state index contributed by atoms with van der Waals surface area (Å²) in [5, 5.41) is 1.25. The first-order valence-electron chi connectivity index (χ1n) is 19.4. The first-order valence-corrected chi connectivity index (χ1v) is 21.6. The summed E-state index contributed by atoms with van der Waals surface area (Å²) in [6.45, 7) is 14.3. The molecule has 0 N–H and O–H groups in total. The Kier molecular flexibility index (Phi) is 10.8.